The van der Waals surface area contributed by atoms with Crippen LogP contribution in [0.25, 0.3) is 0 Å². The largest absolute Gasteiger partial charge is 0.478 e. The maximum atomic E-state index is 11.9. The fraction of sp³-hybridized carbons (Fsp3) is 0.400. The molecule has 2 nitrogen and oxygen atoms in total. The third kappa shape index (κ3) is 2.21. The molecule has 4 heteroatoms. The average Bonchev–Trinajstić information content (AvgIpc) is 1.84. The van der Waals surface area contributed by atoms with Crippen LogP contribution in [0.2, 0.25) is 0 Å². The molecule has 0 aromatic rings. The van der Waals surface area contributed by atoms with Gasteiger partial charge in [0.1, 0.15) is 6.67 Å². The van der Waals surface area contributed by atoms with E-state index in [9.17, 15) is 13.6 Å². The van der Waals surface area contributed by atoms with E-state index in [0.29, 0.717) is 0 Å². The Morgan fingerprint density at radius 3 is 2.33 bits per heavy atom. The summed E-state index contributed by atoms with van der Waals surface area (Å²) in [6.07, 6.45) is -2.07. The van der Waals surface area contributed by atoms with E-state index in [2.05, 4.69) is 6.58 Å². The molecule has 0 rings (SSSR count). The second-order valence-electron chi connectivity index (χ2n) is 1.45. The van der Waals surface area contributed by atoms with Gasteiger partial charge in [0.25, 0.3) is 0 Å². The summed E-state index contributed by atoms with van der Waals surface area (Å²) >= 11 is 0. The van der Waals surface area contributed by atoms with Crippen molar-refractivity contribution in [2.24, 2.45) is 0 Å². The zero-order chi connectivity index (χ0) is 7.44. The Bertz CT molecular complexity index is 133. The fourth-order valence-electron chi connectivity index (χ4n) is 0.227. The molecule has 0 radical (unpaired) electrons. The summed E-state index contributed by atoms with van der Waals surface area (Å²) in [5.41, 5.74) is -0.738. The smallest absolute Gasteiger partial charge is 0.334 e. The molecule has 0 saturated heterocycles. The molecule has 0 aliphatic rings. The van der Waals surface area contributed by atoms with Gasteiger partial charge in [0.15, 0.2) is 6.17 Å². The first-order valence-corrected chi connectivity index (χ1v) is 2.21. The van der Waals surface area contributed by atoms with Gasteiger partial charge in [-0.05, 0) is 0 Å². The zero-order valence-corrected chi connectivity index (χ0v) is 4.60. The van der Waals surface area contributed by atoms with E-state index in [0.717, 1.165) is 0 Å². The molecule has 52 valence electrons. The Morgan fingerprint density at radius 1 is 1.78 bits per heavy atom. The lowest BCUT2D eigenvalue weighted by molar-refractivity contribution is -0.133. The first-order chi connectivity index (χ1) is 4.09. The highest BCUT2D eigenvalue weighted by molar-refractivity contribution is 5.86. The molecular weight excluding hydrogens is 130 g/mol. The molecule has 0 spiro atoms. The summed E-state index contributed by atoms with van der Waals surface area (Å²) in [4.78, 5) is 9.79. The molecular formula is C5H6F2O2. The molecule has 1 atom stereocenters. The van der Waals surface area contributed by atoms with Crippen molar-refractivity contribution in [3.63, 3.8) is 0 Å². The van der Waals surface area contributed by atoms with Crippen LogP contribution in [0.5, 0.6) is 0 Å². The summed E-state index contributed by atoms with van der Waals surface area (Å²) < 4.78 is 23.2. The third-order valence-electron chi connectivity index (χ3n) is 0.788. The van der Waals surface area contributed by atoms with Gasteiger partial charge in [-0.2, -0.15) is 0 Å². The Kier molecular flexibility index (Phi) is 2.84. The highest BCUT2D eigenvalue weighted by atomic mass is 19.2. The SMILES string of the molecule is C=C(C(=O)O)C(F)CF. The zero-order valence-electron chi connectivity index (χ0n) is 4.60. The van der Waals surface area contributed by atoms with Crippen molar-refractivity contribution < 1.29 is 18.7 Å². The summed E-state index contributed by atoms with van der Waals surface area (Å²) in [6, 6.07) is 0. The van der Waals surface area contributed by atoms with Gasteiger partial charge in [-0.25, -0.2) is 13.6 Å². The van der Waals surface area contributed by atoms with Gasteiger partial charge < -0.3 is 5.11 Å². The first kappa shape index (κ1) is 8.07. The van der Waals surface area contributed by atoms with E-state index < -0.39 is 24.4 Å². The van der Waals surface area contributed by atoms with Gasteiger partial charge >= 0.3 is 5.97 Å². The lowest BCUT2D eigenvalue weighted by atomic mass is 10.2. The number of carbonyl (C=O) groups is 1. The Hall–Kier alpha value is -0.930. The quantitative estimate of drug-likeness (QED) is 0.586. The predicted octanol–water partition coefficient (Wildman–Crippen LogP) is 0.935. The van der Waals surface area contributed by atoms with Crippen LogP contribution >= 0.6 is 0 Å². The number of halogens is 2. The molecule has 1 N–H and O–H groups in total. The molecule has 0 aliphatic carbocycles. The van der Waals surface area contributed by atoms with Gasteiger partial charge in [0.05, 0.1) is 5.57 Å². The molecule has 0 fully saturated rings. The van der Waals surface area contributed by atoms with Gasteiger partial charge in [-0.3, -0.25) is 0 Å². The van der Waals surface area contributed by atoms with Crippen molar-refractivity contribution >= 4 is 5.97 Å². The minimum atomic E-state index is -2.07. The minimum Gasteiger partial charge on any atom is -0.478 e. The van der Waals surface area contributed by atoms with Gasteiger partial charge in [0.2, 0.25) is 0 Å². The van der Waals surface area contributed by atoms with Crippen LogP contribution in [-0.4, -0.2) is 23.9 Å². The van der Waals surface area contributed by atoms with Crippen molar-refractivity contribution in [3.8, 4) is 0 Å². The molecule has 0 aliphatic heterocycles. The molecule has 0 saturated carbocycles. The Balaban J connectivity index is 3.88. The number of aliphatic carboxylic acids is 1. The van der Waals surface area contributed by atoms with E-state index >= 15 is 0 Å². The second-order valence-corrected chi connectivity index (χ2v) is 1.45. The molecule has 9 heavy (non-hydrogen) atoms. The van der Waals surface area contributed by atoms with Crippen molar-refractivity contribution in [1.29, 1.82) is 0 Å². The predicted molar refractivity (Wildman–Crippen MR) is 27.6 cm³/mol. The van der Waals surface area contributed by atoms with Crippen LogP contribution in [0.3, 0.4) is 0 Å². The normalized spacial score (nSPS) is 12.7. The second kappa shape index (κ2) is 3.17. The van der Waals surface area contributed by atoms with Crippen LogP contribution in [0, 0.1) is 0 Å². The maximum Gasteiger partial charge on any atom is 0.334 e. The van der Waals surface area contributed by atoms with Gasteiger partial charge in [-0.1, -0.05) is 6.58 Å². The van der Waals surface area contributed by atoms with E-state index in [1.807, 2.05) is 0 Å². The highest BCUT2D eigenvalue weighted by Gasteiger charge is 2.16. The van der Waals surface area contributed by atoms with Crippen molar-refractivity contribution in [2.75, 3.05) is 6.67 Å². The number of hydrogen-bond acceptors (Lipinski definition) is 1. The number of carboxylic acids is 1. The number of rotatable bonds is 3. The van der Waals surface area contributed by atoms with Crippen LogP contribution < -0.4 is 0 Å². The minimum absolute atomic E-state index is 0.738. The molecule has 0 aromatic carbocycles. The van der Waals surface area contributed by atoms with Gasteiger partial charge in [-0.15, -0.1) is 0 Å². The van der Waals surface area contributed by atoms with Crippen molar-refractivity contribution in [1.82, 2.24) is 0 Å². The molecule has 0 amide bonds. The monoisotopic (exact) mass is 136 g/mol. The van der Waals surface area contributed by atoms with Crippen molar-refractivity contribution in [2.45, 2.75) is 6.17 Å². The molecule has 0 bridgehead atoms. The summed E-state index contributed by atoms with van der Waals surface area (Å²) in [5, 5.41) is 7.98. The van der Waals surface area contributed by atoms with E-state index in [1.54, 1.807) is 0 Å². The number of hydrogen-bond donors (Lipinski definition) is 1. The van der Waals surface area contributed by atoms with Crippen LogP contribution in [0.4, 0.5) is 8.78 Å². The van der Waals surface area contributed by atoms with E-state index in [4.69, 9.17) is 5.11 Å². The van der Waals surface area contributed by atoms with E-state index in [-0.39, 0.29) is 0 Å². The lowest BCUT2D eigenvalue weighted by Gasteiger charge is -1.99. The van der Waals surface area contributed by atoms with Crippen LogP contribution in [0.1, 0.15) is 0 Å². The third-order valence-corrected chi connectivity index (χ3v) is 0.788. The van der Waals surface area contributed by atoms with Crippen LogP contribution in [-0.2, 0) is 4.79 Å². The standard InChI is InChI=1S/C5H6F2O2/c1-3(5(8)9)4(7)2-6/h4H,1-2H2,(H,8,9). The van der Waals surface area contributed by atoms with Crippen LogP contribution in [0.15, 0.2) is 12.2 Å². The summed E-state index contributed by atoms with van der Waals surface area (Å²) in [6.45, 7) is 1.48. The topological polar surface area (TPSA) is 37.3 Å². The lowest BCUT2D eigenvalue weighted by Crippen LogP contribution is -2.13. The average molecular weight is 136 g/mol. The van der Waals surface area contributed by atoms with Gasteiger partial charge in [0, 0.05) is 0 Å². The van der Waals surface area contributed by atoms with Crippen molar-refractivity contribution in [3.05, 3.63) is 12.2 Å². The molecule has 1 unspecified atom stereocenters. The van der Waals surface area contributed by atoms with E-state index in [1.165, 1.54) is 0 Å². The Morgan fingerprint density at radius 2 is 2.22 bits per heavy atom. The first-order valence-electron chi connectivity index (χ1n) is 2.21. The number of alkyl halides is 2. The Labute approximate surface area is 50.8 Å². The molecule has 0 aromatic heterocycles. The molecule has 0 heterocycles. The maximum absolute atomic E-state index is 11.9. The number of carboxylic acid groups (broad SMARTS) is 1. The highest BCUT2D eigenvalue weighted by Crippen LogP contribution is 2.04. The fourth-order valence-corrected chi connectivity index (χ4v) is 0.227. The summed E-state index contributed by atoms with van der Waals surface area (Å²) in [7, 11) is 0. The summed E-state index contributed by atoms with van der Waals surface area (Å²) in [5.74, 6) is -1.50.